The van der Waals surface area contributed by atoms with E-state index >= 15 is 0 Å². The normalized spacial score (nSPS) is 13.6. The first-order valence-electron chi connectivity index (χ1n) is 7.51. The number of anilines is 1. The van der Waals surface area contributed by atoms with Gasteiger partial charge in [0.15, 0.2) is 5.78 Å². The second kappa shape index (κ2) is 6.09. The number of benzene rings is 1. The fourth-order valence-electron chi connectivity index (χ4n) is 2.82. The van der Waals surface area contributed by atoms with Crippen molar-refractivity contribution in [1.29, 1.82) is 0 Å². The number of carbonyl (C=O) groups excluding carboxylic acids is 1. The van der Waals surface area contributed by atoms with Gasteiger partial charge in [0.05, 0.1) is 12.3 Å². The van der Waals surface area contributed by atoms with E-state index in [1.807, 2.05) is 31.2 Å². The molecule has 1 aromatic heterocycles. The summed E-state index contributed by atoms with van der Waals surface area (Å²) >= 11 is 0. The lowest BCUT2D eigenvalue weighted by Crippen LogP contribution is -2.00. The van der Waals surface area contributed by atoms with Gasteiger partial charge in [-0.1, -0.05) is 29.8 Å². The van der Waals surface area contributed by atoms with Crippen molar-refractivity contribution in [1.82, 2.24) is 9.97 Å². The van der Waals surface area contributed by atoms with Crippen LogP contribution in [0.15, 0.2) is 47.9 Å². The number of carbonyl (C=O) groups is 1. The molecule has 1 heterocycles. The van der Waals surface area contributed by atoms with E-state index in [-0.39, 0.29) is 11.5 Å². The average Bonchev–Trinajstić information content (AvgIpc) is 2.92. The summed E-state index contributed by atoms with van der Waals surface area (Å²) in [5, 5.41) is 0. The number of rotatable bonds is 3. The van der Waals surface area contributed by atoms with Crippen LogP contribution in [0.3, 0.4) is 0 Å². The Labute approximate surface area is 140 Å². The highest BCUT2D eigenvalue weighted by Gasteiger charge is 2.26. The smallest absolute Gasteiger partial charge is 0.229 e. The van der Waals surface area contributed by atoms with Gasteiger partial charge >= 0.3 is 0 Å². The van der Waals surface area contributed by atoms with Gasteiger partial charge in [0, 0.05) is 12.0 Å². The Bertz CT molecular complexity index is 931. The van der Waals surface area contributed by atoms with Crippen molar-refractivity contribution in [2.75, 3.05) is 5.73 Å². The summed E-state index contributed by atoms with van der Waals surface area (Å²) in [5.74, 6) is 0.155. The number of aryl methyl sites for hydroxylation is 1. The second-order valence-corrected chi connectivity index (χ2v) is 5.72. The molecule has 118 valence electrons. The van der Waals surface area contributed by atoms with E-state index < -0.39 is 0 Å². The predicted molar refractivity (Wildman–Crippen MR) is 92.7 cm³/mol. The molecule has 1 aromatic carbocycles. The number of Topliss-reactive ketones (excluding diaryl/α,β-unsaturated/α-hetero) is 1. The zero-order valence-electron chi connectivity index (χ0n) is 13.5. The third kappa shape index (κ3) is 2.70. The van der Waals surface area contributed by atoms with Gasteiger partial charge in [-0.25, -0.2) is 14.8 Å². The summed E-state index contributed by atoms with van der Waals surface area (Å²) in [6.45, 7) is 10.6. The second-order valence-electron chi connectivity index (χ2n) is 5.72. The Morgan fingerprint density at radius 2 is 2.00 bits per heavy atom. The summed E-state index contributed by atoms with van der Waals surface area (Å²) in [5.41, 5.74) is 11.7. The van der Waals surface area contributed by atoms with Crippen molar-refractivity contribution in [3.05, 3.63) is 81.7 Å². The Kier molecular flexibility index (Phi) is 3.97. The summed E-state index contributed by atoms with van der Waals surface area (Å²) < 4.78 is 0. The molecule has 5 heteroatoms. The summed E-state index contributed by atoms with van der Waals surface area (Å²) in [6.07, 6.45) is 3.61. The number of nitrogens with zero attached hydrogens (tertiary/aromatic N) is 3. The van der Waals surface area contributed by atoms with E-state index in [4.69, 9.17) is 12.3 Å². The minimum atomic E-state index is -0.254. The van der Waals surface area contributed by atoms with E-state index in [1.165, 1.54) is 13.3 Å². The van der Waals surface area contributed by atoms with E-state index in [1.54, 1.807) is 6.08 Å². The molecule has 2 aromatic rings. The molecular formula is C19H16N4O. The zero-order chi connectivity index (χ0) is 17.3. The van der Waals surface area contributed by atoms with E-state index in [0.717, 1.165) is 33.5 Å². The van der Waals surface area contributed by atoms with Crippen LogP contribution in [0.4, 0.5) is 5.82 Å². The summed E-state index contributed by atoms with van der Waals surface area (Å²) in [6, 6.07) is 8.04. The van der Waals surface area contributed by atoms with E-state index in [9.17, 15) is 4.79 Å². The van der Waals surface area contributed by atoms with Crippen LogP contribution < -0.4 is 5.73 Å². The molecule has 0 saturated carbocycles. The SMILES string of the molecule is [C-]#[N+]/C(=C\C1=C(c2ccc(C)cc2)c2c(N)ncnc2C1)C(C)=O. The van der Waals surface area contributed by atoms with Crippen molar-refractivity contribution in [3.8, 4) is 0 Å². The lowest BCUT2D eigenvalue weighted by atomic mass is 9.97. The first-order valence-corrected chi connectivity index (χ1v) is 7.51. The van der Waals surface area contributed by atoms with Gasteiger partial charge in [0.2, 0.25) is 5.70 Å². The number of nitrogens with two attached hydrogens (primary N) is 1. The number of hydrogen-bond donors (Lipinski definition) is 1. The number of hydrogen-bond acceptors (Lipinski definition) is 4. The van der Waals surface area contributed by atoms with Crippen molar-refractivity contribution >= 4 is 17.2 Å². The monoisotopic (exact) mass is 316 g/mol. The molecule has 1 aliphatic rings. The highest BCUT2D eigenvalue weighted by molar-refractivity contribution is 5.98. The Balaban J connectivity index is 2.26. The van der Waals surface area contributed by atoms with Crippen LogP contribution in [0.1, 0.15) is 29.3 Å². The van der Waals surface area contributed by atoms with Gasteiger partial charge < -0.3 is 10.5 Å². The van der Waals surface area contributed by atoms with Crippen LogP contribution in [-0.2, 0) is 11.2 Å². The molecule has 0 bridgehead atoms. The first-order chi connectivity index (χ1) is 11.5. The molecule has 3 rings (SSSR count). The first kappa shape index (κ1) is 15.6. The average molecular weight is 316 g/mol. The third-order valence-electron chi connectivity index (χ3n) is 4.02. The molecule has 24 heavy (non-hydrogen) atoms. The predicted octanol–water partition coefficient (Wildman–Crippen LogP) is 3.12. The Morgan fingerprint density at radius 1 is 1.29 bits per heavy atom. The number of ketones is 1. The van der Waals surface area contributed by atoms with Gasteiger partial charge in [-0.2, -0.15) is 0 Å². The van der Waals surface area contributed by atoms with Gasteiger partial charge in [-0.05, 0) is 36.6 Å². The highest BCUT2D eigenvalue weighted by Crippen LogP contribution is 2.40. The largest absolute Gasteiger partial charge is 0.383 e. The molecule has 1 aliphatic carbocycles. The molecule has 0 atom stereocenters. The van der Waals surface area contributed by atoms with Gasteiger partial charge in [0.1, 0.15) is 12.1 Å². The van der Waals surface area contributed by atoms with Crippen molar-refractivity contribution in [3.63, 3.8) is 0 Å². The molecule has 0 fully saturated rings. The van der Waals surface area contributed by atoms with E-state index in [0.29, 0.717) is 12.2 Å². The maximum Gasteiger partial charge on any atom is 0.229 e. The lowest BCUT2D eigenvalue weighted by molar-refractivity contribution is -0.113. The number of fused-ring (bicyclic) bond motifs is 1. The van der Waals surface area contributed by atoms with Gasteiger partial charge in [-0.3, -0.25) is 0 Å². The van der Waals surface area contributed by atoms with E-state index in [2.05, 4.69) is 14.8 Å². The molecule has 0 saturated heterocycles. The van der Waals surface area contributed by atoms with Crippen molar-refractivity contribution in [2.45, 2.75) is 20.3 Å². The van der Waals surface area contributed by atoms with Crippen LogP contribution in [0.25, 0.3) is 10.4 Å². The minimum Gasteiger partial charge on any atom is -0.383 e. The van der Waals surface area contributed by atoms with Gasteiger partial charge in [0.25, 0.3) is 0 Å². The van der Waals surface area contributed by atoms with Crippen molar-refractivity contribution in [2.24, 2.45) is 0 Å². The molecule has 2 N–H and O–H groups in total. The molecule has 5 nitrogen and oxygen atoms in total. The maximum atomic E-state index is 11.6. The van der Waals surface area contributed by atoms with Crippen molar-refractivity contribution < 1.29 is 4.79 Å². The fourth-order valence-corrected chi connectivity index (χ4v) is 2.82. The maximum absolute atomic E-state index is 11.6. The Hall–Kier alpha value is -3.26. The third-order valence-corrected chi connectivity index (χ3v) is 4.02. The highest BCUT2D eigenvalue weighted by atomic mass is 16.1. The standard InChI is InChI=1S/C19H16N4O/c1-11-4-6-13(7-5-11)17-14(8-15(21-3)12(2)24)9-16-18(17)19(20)23-10-22-16/h4-8,10H,9H2,1-2H3,(H2,20,22,23)/b15-8-. The topological polar surface area (TPSA) is 73.2 Å². The van der Waals surface area contributed by atoms with Crippen LogP contribution in [0.5, 0.6) is 0 Å². The molecule has 0 unspecified atom stereocenters. The van der Waals surface area contributed by atoms with Crippen LogP contribution in [0, 0.1) is 13.5 Å². The molecule has 0 spiro atoms. The molecule has 0 amide bonds. The summed E-state index contributed by atoms with van der Waals surface area (Å²) in [4.78, 5) is 23.4. The summed E-state index contributed by atoms with van der Waals surface area (Å²) in [7, 11) is 0. The number of allylic oxidation sites excluding steroid dienone is 3. The van der Waals surface area contributed by atoms with Gasteiger partial charge in [-0.15, -0.1) is 0 Å². The Morgan fingerprint density at radius 3 is 2.62 bits per heavy atom. The minimum absolute atomic E-state index is 0.106. The number of aromatic nitrogens is 2. The molecular weight excluding hydrogens is 300 g/mol. The fraction of sp³-hybridized carbons (Fsp3) is 0.158. The number of nitrogen functional groups attached to an aromatic ring is 1. The van der Waals surface area contributed by atoms with Crippen LogP contribution in [0.2, 0.25) is 0 Å². The molecule has 0 radical (unpaired) electrons. The molecule has 0 aliphatic heterocycles. The van der Waals surface area contributed by atoms with Crippen LogP contribution in [-0.4, -0.2) is 15.8 Å². The zero-order valence-corrected chi connectivity index (χ0v) is 13.5. The lowest BCUT2D eigenvalue weighted by Gasteiger charge is -2.09. The quantitative estimate of drug-likeness (QED) is 0.697. The van der Waals surface area contributed by atoms with Crippen LogP contribution >= 0.6 is 0 Å².